The van der Waals surface area contributed by atoms with E-state index in [1.807, 2.05) is 11.8 Å². The molecule has 1 heterocycles. The first-order valence-electron chi connectivity index (χ1n) is 5.90. The number of aliphatic hydroxyl groups excluding tert-OH is 1. The molecule has 2 N–H and O–H groups in total. The zero-order valence-corrected chi connectivity index (χ0v) is 10.1. The average Bonchev–Trinajstić information content (AvgIpc) is 2.96. The number of rotatable bonds is 6. The highest BCUT2D eigenvalue weighted by Crippen LogP contribution is 2.26. The van der Waals surface area contributed by atoms with E-state index < -0.39 is 0 Å². The second-order valence-corrected chi connectivity index (χ2v) is 5.84. The monoisotopic (exact) mass is 231 g/mol. The average molecular weight is 231 g/mol. The minimum Gasteiger partial charge on any atom is -0.391 e. The number of hydrogen-bond donors (Lipinski definition) is 2. The molecule has 4 heteroatoms. The van der Waals surface area contributed by atoms with Crippen LogP contribution in [0.2, 0.25) is 0 Å². The third-order valence-electron chi connectivity index (χ3n) is 3.03. The summed E-state index contributed by atoms with van der Waals surface area (Å²) in [6.07, 6.45) is 3.86. The van der Waals surface area contributed by atoms with E-state index in [0.29, 0.717) is 17.4 Å². The first kappa shape index (κ1) is 11.7. The van der Waals surface area contributed by atoms with Gasteiger partial charge in [0, 0.05) is 30.2 Å². The van der Waals surface area contributed by atoms with Gasteiger partial charge in [0.25, 0.3) is 0 Å². The van der Waals surface area contributed by atoms with Crippen molar-refractivity contribution in [2.45, 2.75) is 49.7 Å². The molecule has 3 nitrogen and oxygen atoms in total. The zero-order chi connectivity index (χ0) is 10.7. The molecule has 0 aromatic carbocycles. The van der Waals surface area contributed by atoms with Gasteiger partial charge in [-0.05, 0) is 26.2 Å². The summed E-state index contributed by atoms with van der Waals surface area (Å²) in [6.45, 7) is 3.76. The van der Waals surface area contributed by atoms with Gasteiger partial charge in [-0.25, -0.2) is 0 Å². The molecule has 2 fully saturated rings. The maximum absolute atomic E-state index is 9.75. The highest BCUT2D eigenvalue weighted by atomic mass is 32.2. The van der Waals surface area contributed by atoms with Crippen LogP contribution in [-0.2, 0) is 4.74 Å². The van der Waals surface area contributed by atoms with Gasteiger partial charge in [0.2, 0.25) is 0 Å². The van der Waals surface area contributed by atoms with Crippen LogP contribution in [0.25, 0.3) is 0 Å². The van der Waals surface area contributed by atoms with Gasteiger partial charge in [0.1, 0.15) is 0 Å². The van der Waals surface area contributed by atoms with Crippen LogP contribution in [0.3, 0.4) is 0 Å². The van der Waals surface area contributed by atoms with Gasteiger partial charge in [-0.1, -0.05) is 0 Å². The molecule has 0 aromatic heterocycles. The lowest BCUT2D eigenvalue weighted by Crippen LogP contribution is -2.31. The van der Waals surface area contributed by atoms with E-state index in [-0.39, 0.29) is 6.10 Å². The number of hydrogen-bond acceptors (Lipinski definition) is 4. The van der Waals surface area contributed by atoms with Crippen LogP contribution >= 0.6 is 11.8 Å². The molecule has 2 aliphatic rings. The van der Waals surface area contributed by atoms with Gasteiger partial charge in [-0.15, -0.1) is 0 Å². The quantitative estimate of drug-likeness (QED) is 0.716. The van der Waals surface area contributed by atoms with Gasteiger partial charge in [-0.2, -0.15) is 11.8 Å². The Hall–Kier alpha value is 0.230. The van der Waals surface area contributed by atoms with Gasteiger partial charge >= 0.3 is 0 Å². The molecular formula is C11H21NO2S. The number of aliphatic hydroxyl groups is 1. The van der Waals surface area contributed by atoms with Crippen LogP contribution in [0.1, 0.15) is 26.2 Å². The molecule has 1 aliphatic heterocycles. The van der Waals surface area contributed by atoms with Crippen molar-refractivity contribution in [1.82, 2.24) is 5.32 Å². The fourth-order valence-electron chi connectivity index (χ4n) is 1.81. The molecule has 0 amide bonds. The Balaban J connectivity index is 1.55. The van der Waals surface area contributed by atoms with E-state index in [1.54, 1.807) is 0 Å². The van der Waals surface area contributed by atoms with Crippen LogP contribution in [0.5, 0.6) is 0 Å². The lowest BCUT2D eigenvalue weighted by molar-refractivity contribution is 0.127. The number of ether oxygens (including phenoxy) is 1. The Bertz CT molecular complexity index is 199. The van der Waals surface area contributed by atoms with Crippen LogP contribution in [0.4, 0.5) is 0 Å². The van der Waals surface area contributed by atoms with Gasteiger partial charge in [-0.3, -0.25) is 0 Å². The van der Waals surface area contributed by atoms with Crippen LogP contribution in [0.15, 0.2) is 0 Å². The standard InChI is InChI=1S/C11H21NO2S/c1-8-11(4-5-14-8)15-7-10(13)6-12-9-2-3-9/h8-13H,2-7H2,1H3. The SMILES string of the molecule is CC1OCCC1SCC(O)CNC1CC1. The summed E-state index contributed by atoms with van der Waals surface area (Å²) in [7, 11) is 0. The van der Waals surface area contributed by atoms with Gasteiger partial charge in [0.15, 0.2) is 0 Å². The lowest BCUT2D eigenvalue weighted by Gasteiger charge is -2.16. The Kier molecular flexibility index (Phi) is 4.31. The Morgan fingerprint density at radius 2 is 2.27 bits per heavy atom. The topological polar surface area (TPSA) is 41.5 Å². The summed E-state index contributed by atoms with van der Waals surface area (Å²) >= 11 is 1.86. The normalized spacial score (nSPS) is 33.2. The molecule has 1 saturated heterocycles. The highest BCUT2D eigenvalue weighted by Gasteiger charge is 2.26. The Morgan fingerprint density at radius 1 is 1.47 bits per heavy atom. The molecule has 0 aromatic rings. The molecule has 0 radical (unpaired) electrons. The summed E-state index contributed by atoms with van der Waals surface area (Å²) in [6, 6.07) is 0.693. The fraction of sp³-hybridized carbons (Fsp3) is 1.00. The molecule has 2 rings (SSSR count). The van der Waals surface area contributed by atoms with Crippen molar-refractivity contribution >= 4 is 11.8 Å². The second kappa shape index (κ2) is 5.53. The lowest BCUT2D eigenvalue weighted by atomic mass is 10.3. The predicted octanol–water partition coefficient (Wildman–Crippen LogP) is 1.01. The second-order valence-electron chi connectivity index (χ2n) is 4.57. The molecule has 1 aliphatic carbocycles. The minimum absolute atomic E-state index is 0.205. The summed E-state index contributed by atoms with van der Waals surface area (Å²) in [5, 5.41) is 13.7. The van der Waals surface area contributed by atoms with E-state index in [0.717, 1.165) is 25.3 Å². The van der Waals surface area contributed by atoms with Crippen molar-refractivity contribution in [2.24, 2.45) is 0 Å². The van der Waals surface area contributed by atoms with Gasteiger partial charge in [0.05, 0.1) is 12.2 Å². The Labute approximate surface area is 96.0 Å². The van der Waals surface area contributed by atoms with E-state index in [2.05, 4.69) is 12.2 Å². The molecule has 0 spiro atoms. The van der Waals surface area contributed by atoms with E-state index in [1.165, 1.54) is 12.8 Å². The van der Waals surface area contributed by atoms with Gasteiger partial charge < -0.3 is 15.2 Å². The minimum atomic E-state index is -0.205. The number of thioether (sulfide) groups is 1. The smallest absolute Gasteiger partial charge is 0.0755 e. The summed E-state index contributed by atoms with van der Waals surface area (Å²) in [4.78, 5) is 0. The third kappa shape index (κ3) is 3.94. The van der Waals surface area contributed by atoms with Crippen LogP contribution < -0.4 is 5.32 Å². The Morgan fingerprint density at radius 3 is 2.87 bits per heavy atom. The maximum Gasteiger partial charge on any atom is 0.0755 e. The van der Waals surface area contributed by atoms with E-state index in [4.69, 9.17) is 4.74 Å². The summed E-state index contributed by atoms with van der Waals surface area (Å²) < 4.78 is 5.49. The zero-order valence-electron chi connectivity index (χ0n) is 9.32. The fourth-order valence-corrected chi connectivity index (χ4v) is 3.01. The van der Waals surface area contributed by atoms with Crippen LogP contribution in [-0.4, -0.2) is 47.5 Å². The third-order valence-corrected chi connectivity index (χ3v) is 4.65. The molecule has 88 valence electrons. The molecule has 3 atom stereocenters. The van der Waals surface area contributed by atoms with Crippen molar-refractivity contribution in [1.29, 1.82) is 0 Å². The highest BCUT2D eigenvalue weighted by molar-refractivity contribution is 8.00. The molecule has 3 unspecified atom stereocenters. The molecule has 15 heavy (non-hydrogen) atoms. The number of nitrogens with one attached hydrogen (secondary N) is 1. The summed E-state index contributed by atoms with van der Waals surface area (Å²) in [5.74, 6) is 0.831. The largest absolute Gasteiger partial charge is 0.391 e. The van der Waals surface area contributed by atoms with Crippen molar-refractivity contribution in [3.63, 3.8) is 0 Å². The molecular weight excluding hydrogens is 210 g/mol. The molecule has 0 bridgehead atoms. The first-order valence-corrected chi connectivity index (χ1v) is 6.95. The van der Waals surface area contributed by atoms with Crippen molar-refractivity contribution < 1.29 is 9.84 Å². The predicted molar refractivity (Wildman–Crippen MR) is 63.3 cm³/mol. The van der Waals surface area contributed by atoms with Crippen LogP contribution in [0, 0.1) is 0 Å². The van der Waals surface area contributed by atoms with Crippen molar-refractivity contribution in [2.75, 3.05) is 18.9 Å². The maximum atomic E-state index is 9.75. The van der Waals surface area contributed by atoms with E-state index in [9.17, 15) is 5.11 Å². The van der Waals surface area contributed by atoms with Crippen molar-refractivity contribution in [3.05, 3.63) is 0 Å². The summed E-state index contributed by atoms with van der Waals surface area (Å²) in [5.41, 5.74) is 0. The first-order chi connectivity index (χ1) is 7.25. The molecule has 1 saturated carbocycles. The van der Waals surface area contributed by atoms with Crippen molar-refractivity contribution in [3.8, 4) is 0 Å². The van der Waals surface area contributed by atoms with E-state index >= 15 is 0 Å².